The highest BCUT2D eigenvalue weighted by atomic mass is 79.9. The molecule has 2 aliphatic rings. The number of nitrogens with zero attached hydrogens (tertiary/aromatic N) is 5. The van der Waals surface area contributed by atoms with Crippen LogP contribution in [0.5, 0.6) is 0 Å². The van der Waals surface area contributed by atoms with Crippen LogP contribution in [-0.4, -0.2) is 48.3 Å². The Balaban J connectivity index is 1.23. The number of nitrogens with one attached hydrogen (secondary N) is 1. The highest BCUT2D eigenvalue weighted by Crippen LogP contribution is 2.48. The lowest BCUT2D eigenvalue weighted by Crippen LogP contribution is -2.46. The molecule has 0 unspecified atom stereocenters. The van der Waals surface area contributed by atoms with Crippen molar-refractivity contribution < 1.29 is 14.0 Å². The van der Waals surface area contributed by atoms with Crippen molar-refractivity contribution in [3.63, 3.8) is 0 Å². The van der Waals surface area contributed by atoms with E-state index in [1.807, 2.05) is 28.8 Å². The zero-order valence-electron chi connectivity index (χ0n) is 20.0. The van der Waals surface area contributed by atoms with E-state index in [1.165, 1.54) is 6.33 Å². The molecule has 1 aliphatic heterocycles. The van der Waals surface area contributed by atoms with Gasteiger partial charge in [0.1, 0.15) is 40.8 Å². The average Bonchev–Trinajstić information content (AvgIpc) is 3.25. The number of pyridine rings is 1. The van der Waals surface area contributed by atoms with Gasteiger partial charge >= 0.3 is 0 Å². The summed E-state index contributed by atoms with van der Waals surface area (Å²) in [5, 5.41) is 4.42. The Morgan fingerprint density at radius 1 is 1.13 bits per heavy atom. The average molecular weight is 572 g/mol. The number of nitrogens with two attached hydrogens (primary N) is 1. The third-order valence-electron chi connectivity index (χ3n) is 7.48. The number of rotatable bonds is 5. The van der Waals surface area contributed by atoms with Crippen molar-refractivity contribution in [2.24, 2.45) is 5.92 Å². The van der Waals surface area contributed by atoms with Crippen molar-refractivity contribution in [1.82, 2.24) is 24.4 Å². The molecule has 2 fully saturated rings. The monoisotopic (exact) mass is 571 g/mol. The van der Waals surface area contributed by atoms with Gasteiger partial charge in [-0.2, -0.15) is 0 Å². The minimum Gasteiger partial charge on any atom is -0.472 e. The maximum atomic E-state index is 13.8. The number of aromatic nitrogens is 4. The van der Waals surface area contributed by atoms with Gasteiger partial charge in [0.2, 0.25) is 11.8 Å². The van der Waals surface area contributed by atoms with Crippen molar-refractivity contribution in [2.45, 2.75) is 31.5 Å². The molecule has 1 aromatic carbocycles. The van der Waals surface area contributed by atoms with Crippen molar-refractivity contribution in [3.05, 3.63) is 65.9 Å². The quantitative estimate of drug-likeness (QED) is 0.302. The molecular weight excluding hydrogens is 550 g/mol. The summed E-state index contributed by atoms with van der Waals surface area (Å²) in [6.07, 6.45) is 6.27. The fourth-order valence-corrected chi connectivity index (χ4v) is 6.00. The summed E-state index contributed by atoms with van der Waals surface area (Å²) in [6, 6.07) is 12.7. The SMILES string of the molecule is Nc1ncnc2c1c1cc(-c3ccoc3)ccc1n2CC(=O)N1[C@@H]2C[C@@H]2C[C@H]1C(=O)Nc1cccc(Br)n1. The second kappa shape index (κ2) is 8.66. The maximum Gasteiger partial charge on any atom is 0.248 e. The van der Waals surface area contributed by atoms with Gasteiger partial charge in [-0.25, -0.2) is 15.0 Å². The molecule has 5 heterocycles. The van der Waals surface area contributed by atoms with Gasteiger partial charge in [0, 0.05) is 17.0 Å². The molecule has 2 amide bonds. The summed E-state index contributed by atoms with van der Waals surface area (Å²) < 4.78 is 7.74. The number of halogens is 1. The van der Waals surface area contributed by atoms with Crippen LogP contribution in [0.4, 0.5) is 11.6 Å². The first kappa shape index (κ1) is 22.9. The van der Waals surface area contributed by atoms with Gasteiger partial charge in [-0.05, 0) is 70.6 Å². The van der Waals surface area contributed by atoms with Gasteiger partial charge in [-0.15, -0.1) is 0 Å². The Morgan fingerprint density at radius 3 is 2.84 bits per heavy atom. The van der Waals surface area contributed by atoms with E-state index in [9.17, 15) is 9.59 Å². The minimum atomic E-state index is -0.549. The van der Waals surface area contributed by atoms with Crippen LogP contribution >= 0.6 is 15.9 Å². The van der Waals surface area contributed by atoms with Crippen LogP contribution in [0.15, 0.2) is 70.3 Å². The fraction of sp³-hybridized carbons (Fsp3) is 0.222. The van der Waals surface area contributed by atoms with E-state index < -0.39 is 6.04 Å². The lowest BCUT2D eigenvalue weighted by atomic mass is 10.1. The van der Waals surface area contributed by atoms with E-state index in [1.54, 1.807) is 35.6 Å². The Morgan fingerprint density at radius 2 is 2.03 bits per heavy atom. The number of nitrogen functional groups attached to an aromatic ring is 1. The normalized spacial score (nSPS) is 20.1. The number of hydrogen-bond donors (Lipinski definition) is 2. The third-order valence-corrected chi connectivity index (χ3v) is 7.92. The smallest absolute Gasteiger partial charge is 0.248 e. The number of carbonyl (C=O) groups excluding carboxylic acids is 2. The number of piperidine rings is 1. The highest BCUT2D eigenvalue weighted by molar-refractivity contribution is 9.10. The Hall–Kier alpha value is -4.25. The maximum absolute atomic E-state index is 13.8. The molecular formula is C27H22BrN7O3. The van der Waals surface area contributed by atoms with Gasteiger partial charge in [0.25, 0.3) is 0 Å². The lowest BCUT2D eigenvalue weighted by molar-refractivity contribution is -0.138. The van der Waals surface area contributed by atoms with Crippen LogP contribution in [0.25, 0.3) is 33.1 Å². The molecule has 1 saturated carbocycles. The van der Waals surface area contributed by atoms with E-state index >= 15 is 0 Å². The van der Waals surface area contributed by atoms with Crippen molar-refractivity contribution in [2.75, 3.05) is 11.1 Å². The first-order chi connectivity index (χ1) is 18.5. The fourth-order valence-electron chi connectivity index (χ4n) is 5.66. The Kier molecular flexibility index (Phi) is 5.22. The molecule has 38 heavy (non-hydrogen) atoms. The van der Waals surface area contributed by atoms with E-state index in [0.717, 1.165) is 28.5 Å². The molecule has 0 radical (unpaired) electrons. The predicted molar refractivity (Wildman–Crippen MR) is 145 cm³/mol. The van der Waals surface area contributed by atoms with Gasteiger partial charge in [-0.1, -0.05) is 12.1 Å². The topological polar surface area (TPSA) is 132 Å². The lowest BCUT2D eigenvalue weighted by Gasteiger charge is -2.27. The number of benzene rings is 1. The van der Waals surface area contributed by atoms with E-state index in [4.69, 9.17) is 10.2 Å². The second-order valence-corrected chi connectivity index (χ2v) is 10.6. The molecule has 5 aromatic rings. The number of fused-ring (bicyclic) bond motifs is 4. The summed E-state index contributed by atoms with van der Waals surface area (Å²) in [5.41, 5.74) is 9.58. The summed E-state index contributed by atoms with van der Waals surface area (Å²) in [6.45, 7) is 0.0314. The molecule has 4 aromatic heterocycles. The summed E-state index contributed by atoms with van der Waals surface area (Å²) in [4.78, 5) is 41.8. The van der Waals surface area contributed by atoms with Gasteiger partial charge in [0.05, 0.1) is 23.4 Å². The molecule has 11 heteroatoms. The van der Waals surface area contributed by atoms with E-state index in [2.05, 4.69) is 36.2 Å². The molecule has 0 spiro atoms. The number of likely N-dealkylation sites (tertiary alicyclic amines) is 1. The number of hydrogen-bond acceptors (Lipinski definition) is 7. The zero-order valence-corrected chi connectivity index (χ0v) is 21.6. The molecule has 1 saturated heterocycles. The molecule has 3 atom stereocenters. The molecule has 1 aliphatic carbocycles. The second-order valence-electron chi connectivity index (χ2n) is 9.74. The summed E-state index contributed by atoms with van der Waals surface area (Å²) >= 11 is 3.33. The van der Waals surface area contributed by atoms with Crippen LogP contribution < -0.4 is 11.1 Å². The molecule has 3 N–H and O–H groups in total. The van der Waals surface area contributed by atoms with Crippen LogP contribution in [0.2, 0.25) is 0 Å². The Labute approximate surface area is 225 Å². The number of furan rings is 1. The van der Waals surface area contributed by atoms with E-state index in [-0.39, 0.29) is 24.4 Å². The van der Waals surface area contributed by atoms with Crippen molar-refractivity contribution in [1.29, 1.82) is 0 Å². The number of amides is 2. The molecule has 10 nitrogen and oxygen atoms in total. The van der Waals surface area contributed by atoms with Crippen molar-refractivity contribution >= 4 is 61.3 Å². The summed E-state index contributed by atoms with van der Waals surface area (Å²) in [7, 11) is 0. The van der Waals surface area contributed by atoms with Crippen LogP contribution in [0, 0.1) is 5.92 Å². The Bertz CT molecular complexity index is 1730. The first-order valence-corrected chi connectivity index (χ1v) is 13.1. The van der Waals surface area contributed by atoms with Crippen LogP contribution in [-0.2, 0) is 16.1 Å². The molecule has 0 bridgehead atoms. The van der Waals surface area contributed by atoms with Gasteiger partial charge in [0.15, 0.2) is 0 Å². The standard InChI is InChI=1S/C27H22BrN7O3/c28-21-2-1-3-22(32-21)33-27(37)20-10-16-9-19(16)35(20)23(36)11-34-18-5-4-14(15-6-7-38-12-15)8-17(18)24-25(29)30-13-31-26(24)34/h1-8,12-13,16,19-20H,9-11H2,(H2,29,30,31)(H,32,33,37)/t16-,19-,20+/m1/s1. The van der Waals surface area contributed by atoms with Gasteiger partial charge in [-0.3, -0.25) is 9.59 Å². The third kappa shape index (κ3) is 3.73. The van der Waals surface area contributed by atoms with Crippen molar-refractivity contribution in [3.8, 4) is 11.1 Å². The van der Waals surface area contributed by atoms with Crippen LogP contribution in [0.3, 0.4) is 0 Å². The largest absolute Gasteiger partial charge is 0.472 e. The predicted octanol–water partition coefficient (Wildman–Crippen LogP) is 4.21. The van der Waals surface area contributed by atoms with Crippen LogP contribution in [0.1, 0.15) is 12.8 Å². The minimum absolute atomic E-state index is 0.0314. The summed E-state index contributed by atoms with van der Waals surface area (Å²) in [5.74, 6) is 0.777. The zero-order chi connectivity index (χ0) is 26.0. The highest BCUT2D eigenvalue weighted by Gasteiger charge is 2.56. The molecule has 190 valence electrons. The van der Waals surface area contributed by atoms with Gasteiger partial charge < -0.3 is 24.9 Å². The number of carbonyl (C=O) groups is 2. The number of anilines is 2. The first-order valence-electron chi connectivity index (χ1n) is 12.3. The van der Waals surface area contributed by atoms with E-state index in [0.29, 0.717) is 39.6 Å². The molecule has 7 rings (SSSR count).